The molecule has 1 aliphatic carbocycles. The molecule has 3 N–H and O–H groups in total. The van der Waals surface area contributed by atoms with Crippen LogP contribution in [0, 0.1) is 6.92 Å². The van der Waals surface area contributed by atoms with E-state index in [1.807, 2.05) is 31.2 Å². The number of fused-ring (bicyclic) bond motifs is 2. The fourth-order valence-corrected chi connectivity index (χ4v) is 6.42. The summed E-state index contributed by atoms with van der Waals surface area (Å²) in [5.74, 6) is 0.803. The van der Waals surface area contributed by atoms with Crippen molar-refractivity contribution in [2.45, 2.75) is 25.7 Å². The maximum Gasteiger partial charge on any atom is 0.279 e. The zero-order chi connectivity index (χ0) is 29.9. The van der Waals surface area contributed by atoms with Crippen molar-refractivity contribution in [3.05, 3.63) is 94.4 Å². The predicted octanol–water partition coefficient (Wildman–Crippen LogP) is 5.51. The highest BCUT2D eigenvalue weighted by Crippen LogP contribution is 2.40. The molecule has 1 aliphatic heterocycles. The van der Waals surface area contributed by atoms with Crippen LogP contribution in [0.4, 0.5) is 11.6 Å². The highest BCUT2D eigenvalue weighted by Gasteiger charge is 2.24. The second-order valence-corrected chi connectivity index (χ2v) is 12.1. The zero-order valence-corrected chi connectivity index (χ0v) is 24.9. The first-order valence-electron chi connectivity index (χ1n) is 15.3. The molecule has 0 amide bonds. The van der Waals surface area contributed by atoms with Gasteiger partial charge >= 0.3 is 0 Å². The number of nitrogens with two attached hydrogens (primary N) is 1. The molecule has 220 valence electrons. The molecule has 0 atom stereocenters. The van der Waals surface area contributed by atoms with Crippen LogP contribution < -0.4 is 16.2 Å². The van der Waals surface area contributed by atoms with E-state index < -0.39 is 0 Å². The van der Waals surface area contributed by atoms with Crippen molar-refractivity contribution in [3.8, 4) is 28.2 Å². The summed E-state index contributed by atoms with van der Waals surface area (Å²) in [5.41, 5.74) is 14.5. The standard InChI is InChI=1S/C35H34N8O/c1-21-27(4-3-5-31(21)43-34(44)28-13-10-24(22-6-7-22)18-25(28)20-37-43)32-29-19-30(38-33(29)40-35(36)39-32)23-8-11-26(12-9-23)42-16-14-41(2)15-17-42/h3-5,8-13,18-20,22H,6-7,14-17H2,1-2H3,(H3,36,38,39,40). The van der Waals surface area contributed by atoms with Crippen molar-refractivity contribution in [3.63, 3.8) is 0 Å². The quantitative estimate of drug-likeness (QED) is 0.276. The minimum absolute atomic E-state index is 0.138. The molecule has 2 aliphatic rings. The van der Waals surface area contributed by atoms with Crippen LogP contribution in [0.15, 0.2) is 77.7 Å². The molecule has 6 aromatic rings. The van der Waals surface area contributed by atoms with Crippen molar-refractivity contribution >= 4 is 33.4 Å². The lowest BCUT2D eigenvalue weighted by Gasteiger charge is -2.34. The first-order valence-corrected chi connectivity index (χ1v) is 15.3. The minimum atomic E-state index is -0.138. The summed E-state index contributed by atoms with van der Waals surface area (Å²) in [6, 6.07) is 22.7. The Kier molecular flexibility index (Phi) is 6.23. The van der Waals surface area contributed by atoms with E-state index >= 15 is 0 Å². The average molecular weight is 583 g/mol. The smallest absolute Gasteiger partial charge is 0.279 e. The summed E-state index contributed by atoms with van der Waals surface area (Å²) >= 11 is 0. The number of nitrogen functional groups attached to an aromatic ring is 1. The van der Waals surface area contributed by atoms with E-state index in [1.165, 1.54) is 28.8 Å². The lowest BCUT2D eigenvalue weighted by molar-refractivity contribution is 0.313. The van der Waals surface area contributed by atoms with Crippen molar-refractivity contribution in [1.82, 2.24) is 29.6 Å². The summed E-state index contributed by atoms with van der Waals surface area (Å²) < 4.78 is 1.49. The third-order valence-corrected chi connectivity index (χ3v) is 9.20. The van der Waals surface area contributed by atoms with E-state index in [4.69, 9.17) is 5.73 Å². The Morgan fingerprint density at radius 2 is 1.70 bits per heavy atom. The number of H-pyrrole nitrogens is 1. The van der Waals surface area contributed by atoms with E-state index in [9.17, 15) is 4.79 Å². The molecule has 44 heavy (non-hydrogen) atoms. The van der Waals surface area contributed by atoms with Crippen LogP contribution in [0.3, 0.4) is 0 Å². The number of hydrogen-bond donors (Lipinski definition) is 2. The predicted molar refractivity (Wildman–Crippen MR) is 176 cm³/mol. The van der Waals surface area contributed by atoms with Crippen LogP contribution in [0.1, 0.15) is 29.9 Å². The number of aromatic amines is 1. The van der Waals surface area contributed by atoms with Gasteiger partial charge in [0.05, 0.1) is 23.0 Å². The Morgan fingerprint density at radius 3 is 2.48 bits per heavy atom. The Hall–Kier alpha value is -5.02. The fourth-order valence-electron chi connectivity index (χ4n) is 6.42. The maximum absolute atomic E-state index is 13.6. The molecule has 1 saturated heterocycles. The highest BCUT2D eigenvalue weighted by molar-refractivity contribution is 5.96. The number of piperazine rings is 1. The van der Waals surface area contributed by atoms with E-state index in [1.54, 1.807) is 6.20 Å². The van der Waals surface area contributed by atoms with E-state index in [-0.39, 0.29) is 11.5 Å². The third kappa shape index (κ3) is 4.60. The lowest BCUT2D eigenvalue weighted by atomic mass is 10.0. The normalized spacial score (nSPS) is 15.8. The number of hydrogen-bond acceptors (Lipinski definition) is 7. The number of nitrogens with one attached hydrogen (secondary N) is 1. The maximum atomic E-state index is 13.6. The molecule has 0 spiro atoms. The Labute approximate surface area is 255 Å². The van der Waals surface area contributed by atoms with Crippen molar-refractivity contribution in [1.29, 1.82) is 0 Å². The monoisotopic (exact) mass is 582 g/mol. The molecule has 1 saturated carbocycles. The summed E-state index contributed by atoms with van der Waals surface area (Å²) in [7, 11) is 2.17. The van der Waals surface area contributed by atoms with Gasteiger partial charge in [-0.3, -0.25) is 4.79 Å². The number of aromatic nitrogens is 5. The van der Waals surface area contributed by atoms with Crippen LogP contribution in [0.5, 0.6) is 0 Å². The van der Waals surface area contributed by atoms with Gasteiger partial charge in [-0.25, -0.2) is 4.98 Å². The van der Waals surface area contributed by atoms with Gasteiger partial charge in [-0.05, 0) is 85.8 Å². The van der Waals surface area contributed by atoms with Crippen LogP contribution in [-0.4, -0.2) is 62.9 Å². The molecule has 4 heterocycles. The molecular weight excluding hydrogens is 548 g/mol. The summed E-state index contributed by atoms with van der Waals surface area (Å²) in [6.07, 6.45) is 4.23. The lowest BCUT2D eigenvalue weighted by Crippen LogP contribution is -2.44. The largest absolute Gasteiger partial charge is 0.369 e. The summed E-state index contributed by atoms with van der Waals surface area (Å²) in [5, 5.41) is 7.01. The van der Waals surface area contributed by atoms with E-state index in [0.29, 0.717) is 28.3 Å². The van der Waals surface area contributed by atoms with Gasteiger partial charge in [0, 0.05) is 53.9 Å². The van der Waals surface area contributed by atoms with Crippen molar-refractivity contribution in [2.75, 3.05) is 43.9 Å². The molecule has 3 aromatic heterocycles. The highest BCUT2D eigenvalue weighted by atomic mass is 16.1. The van der Waals surface area contributed by atoms with Crippen LogP contribution >= 0.6 is 0 Å². The van der Waals surface area contributed by atoms with Crippen molar-refractivity contribution in [2.24, 2.45) is 0 Å². The number of likely N-dealkylation sites (N-methyl/N-ethyl adjacent to an activating group) is 1. The topological polar surface area (TPSA) is 109 Å². The average Bonchev–Trinajstić information content (AvgIpc) is 3.80. The second-order valence-electron chi connectivity index (χ2n) is 12.1. The van der Waals surface area contributed by atoms with Gasteiger partial charge in [-0.15, -0.1) is 0 Å². The first kappa shape index (κ1) is 26.6. The van der Waals surface area contributed by atoms with Crippen molar-refractivity contribution < 1.29 is 0 Å². The van der Waals surface area contributed by atoms with Gasteiger partial charge in [0.2, 0.25) is 5.95 Å². The van der Waals surface area contributed by atoms with Crippen LogP contribution in [-0.2, 0) is 0 Å². The van der Waals surface area contributed by atoms with Gasteiger partial charge in [0.1, 0.15) is 5.65 Å². The van der Waals surface area contributed by atoms with Crippen LogP contribution in [0.2, 0.25) is 0 Å². The molecule has 2 fully saturated rings. The SMILES string of the molecule is Cc1c(-c2nc(N)nc3[nH]c(-c4ccc(N5CCN(C)CC5)cc4)cc23)cccc1-n1ncc2cc(C3CC3)ccc2c1=O. The molecule has 0 radical (unpaired) electrons. The Balaban J connectivity index is 1.17. The summed E-state index contributed by atoms with van der Waals surface area (Å²) in [6.45, 7) is 6.19. The molecule has 9 nitrogen and oxygen atoms in total. The molecule has 0 bridgehead atoms. The third-order valence-electron chi connectivity index (χ3n) is 9.20. The Bertz CT molecular complexity index is 2100. The number of nitrogens with zero attached hydrogens (tertiary/aromatic N) is 6. The van der Waals surface area contributed by atoms with Crippen LogP contribution in [0.25, 0.3) is 50.0 Å². The number of rotatable bonds is 5. The molecule has 8 rings (SSSR count). The van der Waals surface area contributed by atoms with E-state index in [2.05, 4.69) is 79.4 Å². The minimum Gasteiger partial charge on any atom is -0.369 e. The van der Waals surface area contributed by atoms with Gasteiger partial charge in [-0.2, -0.15) is 14.8 Å². The second kappa shape index (κ2) is 10.3. The van der Waals surface area contributed by atoms with Gasteiger partial charge < -0.3 is 20.5 Å². The fraction of sp³-hybridized carbons (Fsp3) is 0.257. The Morgan fingerprint density at radius 1 is 0.909 bits per heavy atom. The van der Waals surface area contributed by atoms with Gasteiger partial charge in [0.25, 0.3) is 5.56 Å². The molecule has 9 heteroatoms. The van der Waals surface area contributed by atoms with E-state index in [0.717, 1.165) is 59.3 Å². The summed E-state index contributed by atoms with van der Waals surface area (Å²) in [4.78, 5) is 31.1. The molecule has 0 unspecified atom stereocenters. The van der Waals surface area contributed by atoms with Gasteiger partial charge in [0.15, 0.2) is 0 Å². The number of benzene rings is 3. The first-order chi connectivity index (χ1) is 21.4. The number of anilines is 2. The molecular formula is C35H34N8O. The molecule has 3 aromatic carbocycles. The zero-order valence-electron chi connectivity index (χ0n) is 24.9. The van der Waals surface area contributed by atoms with Gasteiger partial charge in [-0.1, -0.05) is 30.3 Å².